The van der Waals surface area contributed by atoms with E-state index < -0.39 is 10.0 Å². The first-order chi connectivity index (χ1) is 10.8. The van der Waals surface area contributed by atoms with E-state index in [0.29, 0.717) is 11.4 Å². The van der Waals surface area contributed by atoms with Crippen molar-refractivity contribution in [1.82, 2.24) is 23.9 Å². The Morgan fingerprint density at radius 1 is 1.35 bits per heavy atom. The summed E-state index contributed by atoms with van der Waals surface area (Å²) in [4.78, 5) is 4.40. The zero-order chi connectivity index (χ0) is 16.8. The number of hydrogen-bond donors (Lipinski definition) is 1. The first kappa shape index (κ1) is 16.0. The number of rotatable bonds is 4. The molecule has 122 valence electrons. The van der Waals surface area contributed by atoms with Gasteiger partial charge in [0.05, 0.1) is 17.9 Å². The van der Waals surface area contributed by atoms with Crippen molar-refractivity contribution >= 4 is 27.3 Å². The molecule has 3 heterocycles. The molecule has 3 aromatic rings. The molecular formula is C14H16ClN5O2S. The van der Waals surface area contributed by atoms with E-state index in [9.17, 15) is 8.42 Å². The third-order valence-electron chi connectivity index (χ3n) is 3.48. The number of nitrogens with one attached hydrogen (secondary N) is 1. The lowest BCUT2D eigenvalue weighted by Crippen LogP contribution is -2.24. The minimum Gasteiger partial charge on any atom is -0.307 e. The van der Waals surface area contributed by atoms with Crippen molar-refractivity contribution in [3.8, 4) is 0 Å². The van der Waals surface area contributed by atoms with Gasteiger partial charge in [-0.05, 0) is 31.5 Å². The first-order valence-corrected chi connectivity index (χ1v) is 8.77. The summed E-state index contributed by atoms with van der Waals surface area (Å²) in [5.41, 5.74) is 2.84. The van der Waals surface area contributed by atoms with Gasteiger partial charge in [-0.1, -0.05) is 11.6 Å². The summed E-state index contributed by atoms with van der Waals surface area (Å²) >= 11 is 6.02. The molecule has 0 saturated carbocycles. The molecule has 0 saturated heterocycles. The molecule has 23 heavy (non-hydrogen) atoms. The Bertz CT molecular complexity index is 990. The second kappa shape index (κ2) is 5.63. The van der Waals surface area contributed by atoms with Crippen LogP contribution in [-0.4, -0.2) is 27.6 Å². The lowest BCUT2D eigenvalue weighted by Gasteiger charge is -2.04. The van der Waals surface area contributed by atoms with Crippen molar-refractivity contribution in [2.24, 2.45) is 7.05 Å². The number of nitrogens with zero attached hydrogens (tertiary/aromatic N) is 4. The lowest BCUT2D eigenvalue weighted by molar-refractivity contribution is 0.580. The summed E-state index contributed by atoms with van der Waals surface area (Å²) in [6.07, 6.45) is 3.67. The zero-order valence-corrected chi connectivity index (χ0v) is 14.5. The van der Waals surface area contributed by atoms with Crippen LogP contribution in [-0.2, 0) is 23.6 Å². The van der Waals surface area contributed by atoms with E-state index in [0.717, 1.165) is 11.2 Å². The molecule has 0 atom stereocenters. The van der Waals surface area contributed by atoms with Crippen molar-refractivity contribution in [3.05, 3.63) is 46.6 Å². The van der Waals surface area contributed by atoms with E-state index in [1.54, 1.807) is 20.2 Å². The molecule has 0 aliphatic heterocycles. The monoisotopic (exact) mass is 353 g/mol. The maximum Gasteiger partial charge on any atom is 0.245 e. The molecule has 1 N–H and O–H groups in total. The second-order valence-electron chi connectivity index (χ2n) is 5.36. The minimum atomic E-state index is -3.76. The van der Waals surface area contributed by atoms with E-state index in [-0.39, 0.29) is 16.6 Å². The number of hydrogen-bond acceptors (Lipinski definition) is 4. The Kier molecular flexibility index (Phi) is 3.91. The molecule has 0 unspecified atom stereocenters. The van der Waals surface area contributed by atoms with E-state index in [1.165, 1.54) is 4.68 Å². The fourth-order valence-corrected chi connectivity index (χ4v) is 4.12. The van der Waals surface area contributed by atoms with Gasteiger partial charge in [-0.25, -0.2) is 18.1 Å². The topological polar surface area (TPSA) is 81.3 Å². The Balaban J connectivity index is 1.86. The molecule has 0 aliphatic rings. The fraction of sp³-hybridized carbons (Fsp3) is 0.286. The third-order valence-corrected chi connectivity index (χ3v) is 5.57. The van der Waals surface area contributed by atoms with Gasteiger partial charge in [0.2, 0.25) is 10.0 Å². The van der Waals surface area contributed by atoms with Crippen LogP contribution in [0.2, 0.25) is 5.15 Å². The highest BCUT2D eigenvalue weighted by Gasteiger charge is 2.25. The molecule has 0 aromatic carbocycles. The Morgan fingerprint density at radius 2 is 2.09 bits per heavy atom. The predicted molar refractivity (Wildman–Crippen MR) is 86.9 cm³/mol. The van der Waals surface area contributed by atoms with Gasteiger partial charge < -0.3 is 4.40 Å². The SMILES string of the molecule is Cc1ccn2cc(CNS(=O)(=O)c3c(C)nn(C)c3Cl)nc2c1. The summed E-state index contributed by atoms with van der Waals surface area (Å²) in [6.45, 7) is 3.66. The highest BCUT2D eigenvalue weighted by Crippen LogP contribution is 2.24. The van der Waals surface area contributed by atoms with Gasteiger partial charge in [0.1, 0.15) is 15.7 Å². The van der Waals surface area contributed by atoms with Crippen LogP contribution in [0, 0.1) is 13.8 Å². The van der Waals surface area contributed by atoms with E-state index in [4.69, 9.17) is 11.6 Å². The number of aryl methyl sites for hydroxylation is 3. The van der Waals surface area contributed by atoms with E-state index in [2.05, 4.69) is 14.8 Å². The molecule has 0 bridgehead atoms. The van der Waals surface area contributed by atoms with Crippen LogP contribution < -0.4 is 4.72 Å². The summed E-state index contributed by atoms with van der Waals surface area (Å²) in [5.74, 6) is 0. The molecule has 0 radical (unpaired) electrons. The first-order valence-electron chi connectivity index (χ1n) is 6.91. The van der Waals surface area contributed by atoms with Gasteiger partial charge in [0.15, 0.2) is 0 Å². The Morgan fingerprint density at radius 3 is 2.74 bits per heavy atom. The fourth-order valence-electron chi connectivity index (χ4n) is 2.38. The number of aromatic nitrogens is 4. The van der Waals surface area contributed by atoms with Crippen LogP contribution in [0.5, 0.6) is 0 Å². The normalized spacial score (nSPS) is 12.2. The summed E-state index contributed by atoms with van der Waals surface area (Å²) in [5, 5.41) is 4.11. The quantitative estimate of drug-likeness (QED) is 0.775. The van der Waals surface area contributed by atoms with Crippen LogP contribution in [0.15, 0.2) is 29.4 Å². The van der Waals surface area contributed by atoms with Crippen molar-refractivity contribution < 1.29 is 8.42 Å². The average molecular weight is 354 g/mol. The molecule has 0 spiro atoms. The van der Waals surface area contributed by atoms with Crippen LogP contribution in [0.4, 0.5) is 0 Å². The molecule has 3 aromatic heterocycles. The van der Waals surface area contributed by atoms with Gasteiger partial charge >= 0.3 is 0 Å². The maximum absolute atomic E-state index is 12.4. The Hall–Kier alpha value is -1.90. The summed E-state index contributed by atoms with van der Waals surface area (Å²) < 4.78 is 30.6. The largest absolute Gasteiger partial charge is 0.307 e. The van der Waals surface area contributed by atoms with Gasteiger partial charge in [-0.3, -0.25) is 4.68 Å². The number of pyridine rings is 1. The highest BCUT2D eigenvalue weighted by atomic mass is 35.5. The molecule has 0 amide bonds. The van der Waals surface area contributed by atoms with Gasteiger partial charge in [0.25, 0.3) is 0 Å². The standard InChI is InChI=1S/C14H16ClN5O2S/c1-9-4-5-20-8-11(17-12(20)6-9)7-16-23(21,22)13-10(2)18-19(3)14(13)15/h4-6,8,16H,7H2,1-3H3. The Labute approximate surface area is 139 Å². The van der Waals surface area contributed by atoms with Crippen LogP contribution in [0.1, 0.15) is 17.0 Å². The van der Waals surface area contributed by atoms with Crippen molar-refractivity contribution in [2.45, 2.75) is 25.3 Å². The maximum atomic E-state index is 12.4. The van der Waals surface area contributed by atoms with Crippen LogP contribution in [0.25, 0.3) is 5.65 Å². The van der Waals surface area contributed by atoms with Gasteiger partial charge in [-0.2, -0.15) is 5.10 Å². The average Bonchev–Trinajstić information content (AvgIpc) is 2.97. The molecule has 3 rings (SSSR count). The van der Waals surface area contributed by atoms with Crippen LogP contribution in [0.3, 0.4) is 0 Å². The van der Waals surface area contributed by atoms with E-state index >= 15 is 0 Å². The number of sulfonamides is 1. The van der Waals surface area contributed by atoms with Crippen molar-refractivity contribution in [2.75, 3.05) is 0 Å². The second-order valence-corrected chi connectivity index (χ2v) is 7.42. The number of fused-ring (bicyclic) bond motifs is 1. The third kappa shape index (κ3) is 2.97. The molecular weight excluding hydrogens is 338 g/mol. The predicted octanol–water partition coefficient (Wildman–Crippen LogP) is 1.82. The molecule has 0 fully saturated rings. The van der Waals surface area contributed by atoms with E-state index in [1.807, 2.05) is 29.7 Å². The smallest absolute Gasteiger partial charge is 0.245 e. The van der Waals surface area contributed by atoms with Crippen molar-refractivity contribution in [1.29, 1.82) is 0 Å². The van der Waals surface area contributed by atoms with Crippen molar-refractivity contribution in [3.63, 3.8) is 0 Å². The summed E-state index contributed by atoms with van der Waals surface area (Å²) in [6, 6.07) is 3.89. The summed E-state index contributed by atoms with van der Waals surface area (Å²) in [7, 11) is -2.16. The van der Waals surface area contributed by atoms with Gasteiger partial charge in [-0.15, -0.1) is 0 Å². The number of halogens is 1. The highest BCUT2D eigenvalue weighted by molar-refractivity contribution is 7.89. The molecule has 9 heteroatoms. The van der Waals surface area contributed by atoms with Crippen LogP contribution >= 0.6 is 11.6 Å². The number of imidazole rings is 1. The lowest BCUT2D eigenvalue weighted by atomic mass is 10.3. The molecule has 0 aliphatic carbocycles. The zero-order valence-electron chi connectivity index (χ0n) is 12.9. The minimum absolute atomic E-state index is 0.00118. The molecule has 7 nitrogen and oxygen atoms in total. The van der Waals surface area contributed by atoms with Gasteiger partial charge in [0, 0.05) is 19.4 Å².